The minimum atomic E-state index is -0.857. The van der Waals surface area contributed by atoms with Crippen molar-refractivity contribution < 1.29 is 9.53 Å². The molecule has 1 rings (SSSR count). The van der Waals surface area contributed by atoms with Crippen LogP contribution in [0.25, 0.3) is 0 Å². The van der Waals surface area contributed by atoms with Gasteiger partial charge in [0.25, 0.3) is 0 Å². The summed E-state index contributed by atoms with van der Waals surface area (Å²) in [4.78, 5) is 11.7. The third kappa shape index (κ3) is 5.43. The van der Waals surface area contributed by atoms with Crippen LogP contribution in [0.1, 0.15) is 38.7 Å². The Labute approximate surface area is 114 Å². The molecule has 0 fully saturated rings. The number of hydrogen-bond acceptors (Lipinski definition) is 3. The molecule has 0 aliphatic rings. The van der Waals surface area contributed by atoms with E-state index in [0.717, 1.165) is 18.4 Å². The fourth-order valence-electron chi connectivity index (χ4n) is 1.66. The van der Waals surface area contributed by atoms with E-state index in [1.54, 1.807) is 6.92 Å². The Morgan fingerprint density at radius 2 is 2.11 bits per heavy atom. The summed E-state index contributed by atoms with van der Waals surface area (Å²) in [6.45, 7) is 3.97. The van der Waals surface area contributed by atoms with Crippen molar-refractivity contribution in [3.8, 4) is 6.07 Å². The highest BCUT2D eigenvalue weighted by molar-refractivity contribution is 5.68. The molecule has 0 saturated carbocycles. The van der Waals surface area contributed by atoms with Gasteiger partial charge in [0, 0.05) is 0 Å². The summed E-state index contributed by atoms with van der Waals surface area (Å²) in [5.74, 6) is 0. The van der Waals surface area contributed by atoms with Crippen LogP contribution in [-0.4, -0.2) is 11.6 Å². The second-order valence-electron chi connectivity index (χ2n) is 4.73. The van der Waals surface area contributed by atoms with E-state index in [0.29, 0.717) is 6.42 Å². The second kappa shape index (κ2) is 7.42. The molecule has 4 nitrogen and oxygen atoms in total. The van der Waals surface area contributed by atoms with Crippen LogP contribution in [0.4, 0.5) is 4.79 Å². The van der Waals surface area contributed by atoms with Crippen LogP contribution in [0.3, 0.4) is 0 Å². The van der Waals surface area contributed by atoms with Crippen LogP contribution < -0.4 is 5.32 Å². The van der Waals surface area contributed by atoms with Crippen molar-refractivity contribution in [1.82, 2.24) is 5.32 Å². The van der Waals surface area contributed by atoms with Crippen LogP contribution in [0, 0.1) is 11.3 Å². The van der Waals surface area contributed by atoms with Crippen LogP contribution in [0.15, 0.2) is 30.3 Å². The number of unbranched alkanes of at least 4 members (excludes halogenated alkanes) is 1. The molecule has 1 aromatic carbocycles. The summed E-state index contributed by atoms with van der Waals surface area (Å²) in [7, 11) is 0. The number of nitrogens with zero attached hydrogens (tertiary/aromatic N) is 1. The number of ether oxygens (including phenoxy) is 1. The lowest BCUT2D eigenvalue weighted by Gasteiger charge is -2.22. The van der Waals surface area contributed by atoms with Crippen molar-refractivity contribution >= 4 is 6.09 Å². The maximum atomic E-state index is 11.7. The number of carbonyl (C=O) groups excluding carboxylic acids is 1. The van der Waals surface area contributed by atoms with Crippen molar-refractivity contribution in [2.24, 2.45) is 0 Å². The van der Waals surface area contributed by atoms with Gasteiger partial charge in [-0.05, 0) is 18.9 Å². The average molecular weight is 260 g/mol. The van der Waals surface area contributed by atoms with Gasteiger partial charge < -0.3 is 10.1 Å². The number of nitrogens with one attached hydrogen (secondary N) is 1. The van der Waals surface area contributed by atoms with E-state index in [1.165, 1.54) is 0 Å². The average Bonchev–Trinajstić information content (AvgIpc) is 2.44. The van der Waals surface area contributed by atoms with E-state index in [4.69, 9.17) is 10.00 Å². The molecule has 0 aliphatic heterocycles. The van der Waals surface area contributed by atoms with Gasteiger partial charge in [0.2, 0.25) is 0 Å². The van der Waals surface area contributed by atoms with E-state index >= 15 is 0 Å². The molecule has 0 bridgehead atoms. The lowest BCUT2D eigenvalue weighted by molar-refractivity contribution is 0.131. The van der Waals surface area contributed by atoms with Crippen LogP contribution in [-0.2, 0) is 11.3 Å². The van der Waals surface area contributed by atoms with Crippen LogP contribution in [0.5, 0.6) is 0 Å². The van der Waals surface area contributed by atoms with Gasteiger partial charge in [-0.1, -0.05) is 50.1 Å². The van der Waals surface area contributed by atoms with Gasteiger partial charge in [-0.3, -0.25) is 0 Å². The number of hydrogen-bond donors (Lipinski definition) is 1. The predicted molar refractivity (Wildman–Crippen MR) is 73.3 cm³/mol. The van der Waals surface area contributed by atoms with Gasteiger partial charge in [-0.2, -0.15) is 5.26 Å². The number of benzene rings is 1. The Morgan fingerprint density at radius 1 is 1.42 bits per heavy atom. The minimum Gasteiger partial charge on any atom is -0.445 e. The van der Waals surface area contributed by atoms with E-state index < -0.39 is 11.6 Å². The standard InChI is InChI=1S/C15H20N2O2/c1-3-4-10-15(2,12-16)17-14(18)19-11-13-8-6-5-7-9-13/h5-9H,3-4,10-11H2,1-2H3,(H,17,18). The lowest BCUT2D eigenvalue weighted by Crippen LogP contribution is -2.45. The minimum absolute atomic E-state index is 0.210. The summed E-state index contributed by atoms with van der Waals surface area (Å²) in [5, 5.41) is 11.8. The summed E-state index contributed by atoms with van der Waals surface area (Å²) in [6, 6.07) is 11.6. The Hall–Kier alpha value is -2.02. The van der Waals surface area contributed by atoms with Crippen molar-refractivity contribution in [2.45, 2.75) is 45.3 Å². The normalized spacial score (nSPS) is 13.1. The van der Waals surface area contributed by atoms with Crippen molar-refractivity contribution in [2.75, 3.05) is 0 Å². The maximum Gasteiger partial charge on any atom is 0.408 e. The molecule has 1 amide bonds. The molecule has 1 unspecified atom stereocenters. The number of rotatable bonds is 6. The van der Waals surface area contributed by atoms with Crippen LogP contribution in [0.2, 0.25) is 0 Å². The molecule has 0 spiro atoms. The second-order valence-corrected chi connectivity index (χ2v) is 4.73. The molecule has 1 aromatic rings. The van der Waals surface area contributed by atoms with Gasteiger partial charge in [-0.15, -0.1) is 0 Å². The SMILES string of the molecule is CCCCC(C)(C#N)NC(=O)OCc1ccccc1. The van der Waals surface area contributed by atoms with E-state index in [2.05, 4.69) is 11.4 Å². The Bertz CT molecular complexity index is 439. The third-order valence-corrected chi connectivity index (χ3v) is 2.87. The van der Waals surface area contributed by atoms with Crippen molar-refractivity contribution in [3.63, 3.8) is 0 Å². The molecule has 0 aliphatic carbocycles. The highest BCUT2D eigenvalue weighted by atomic mass is 16.5. The summed E-state index contributed by atoms with van der Waals surface area (Å²) in [5.41, 5.74) is 0.0638. The van der Waals surface area contributed by atoms with E-state index in [1.807, 2.05) is 37.3 Å². The first kappa shape index (κ1) is 15.0. The molecule has 1 atom stereocenters. The van der Waals surface area contributed by atoms with E-state index in [-0.39, 0.29) is 6.61 Å². The van der Waals surface area contributed by atoms with E-state index in [9.17, 15) is 4.79 Å². The largest absolute Gasteiger partial charge is 0.445 e. The van der Waals surface area contributed by atoms with Gasteiger partial charge in [0.05, 0.1) is 6.07 Å². The Balaban J connectivity index is 2.43. The predicted octanol–water partition coefficient (Wildman–Crippen LogP) is 3.39. The van der Waals surface area contributed by atoms with Crippen LogP contribution >= 0.6 is 0 Å². The maximum absolute atomic E-state index is 11.7. The van der Waals surface area contributed by atoms with Gasteiger partial charge in [-0.25, -0.2) is 4.79 Å². The molecular weight excluding hydrogens is 240 g/mol. The number of amides is 1. The first-order valence-corrected chi connectivity index (χ1v) is 6.50. The fraction of sp³-hybridized carbons (Fsp3) is 0.467. The Morgan fingerprint density at radius 3 is 2.68 bits per heavy atom. The molecule has 1 N–H and O–H groups in total. The molecule has 0 heterocycles. The zero-order chi connectivity index (χ0) is 14.1. The van der Waals surface area contributed by atoms with Gasteiger partial charge in [0.1, 0.15) is 12.1 Å². The number of carbonyl (C=O) groups is 1. The molecule has 0 radical (unpaired) electrons. The molecular formula is C15H20N2O2. The molecule has 0 saturated heterocycles. The van der Waals surface area contributed by atoms with Gasteiger partial charge >= 0.3 is 6.09 Å². The molecule has 19 heavy (non-hydrogen) atoms. The quantitative estimate of drug-likeness (QED) is 0.852. The van der Waals surface area contributed by atoms with Gasteiger partial charge in [0.15, 0.2) is 0 Å². The number of nitriles is 1. The molecule has 102 valence electrons. The van der Waals surface area contributed by atoms with Crippen molar-refractivity contribution in [3.05, 3.63) is 35.9 Å². The monoisotopic (exact) mass is 260 g/mol. The highest BCUT2D eigenvalue weighted by Gasteiger charge is 2.25. The summed E-state index contributed by atoms with van der Waals surface area (Å²) in [6.07, 6.45) is 1.95. The topological polar surface area (TPSA) is 62.1 Å². The third-order valence-electron chi connectivity index (χ3n) is 2.87. The fourth-order valence-corrected chi connectivity index (χ4v) is 1.66. The Kier molecular flexibility index (Phi) is 5.87. The first-order chi connectivity index (χ1) is 9.09. The first-order valence-electron chi connectivity index (χ1n) is 6.50. The van der Waals surface area contributed by atoms with Crippen molar-refractivity contribution in [1.29, 1.82) is 5.26 Å². The molecule has 4 heteroatoms. The smallest absolute Gasteiger partial charge is 0.408 e. The summed E-state index contributed by atoms with van der Waals surface area (Å²) >= 11 is 0. The lowest BCUT2D eigenvalue weighted by atomic mass is 9.97. The highest BCUT2D eigenvalue weighted by Crippen LogP contribution is 2.13. The zero-order valence-electron chi connectivity index (χ0n) is 11.5. The zero-order valence-corrected chi connectivity index (χ0v) is 11.5. The summed E-state index contributed by atoms with van der Waals surface area (Å²) < 4.78 is 5.10. The molecule has 0 aromatic heterocycles. The number of alkyl carbamates (subject to hydrolysis) is 1.